The zero-order valence-electron chi connectivity index (χ0n) is 15.4. The Bertz CT molecular complexity index is 1050. The number of benzene rings is 1. The fourth-order valence-electron chi connectivity index (χ4n) is 3.67. The molecule has 0 radical (unpaired) electrons. The molecule has 0 saturated carbocycles. The normalized spacial score (nSPS) is 17.4. The number of rotatable bonds is 3. The fraction of sp³-hybridized carbons (Fsp3) is 0.421. The van der Waals surface area contributed by atoms with Gasteiger partial charge < -0.3 is 9.42 Å². The third kappa shape index (κ3) is 3.22. The molecule has 0 bridgehead atoms. The van der Waals surface area contributed by atoms with E-state index in [9.17, 15) is 9.59 Å². The van der Waals surface area contributed by atoms with Crippen molar-refractivity contribution >= 4 is 16.7 Å². The van der Waals surface area contributed by atoms with Crippen LogP contribution in [-0.4, -0.2) is 37.3 Å². The number of hydrogen-bond donors (Lipinski definition) is 0. The van der Waals surface area contributed by atoms with Gasteiger partial charge in [-0.3, -0.25) is 9.59 Å². The molecule has 4 rings (SSSR count). The molecule has 140 valence electrons. The van der Waals surface area contributed by atoms with E-state index in [-0.39, 0.29) is 24.1 Å². The van der Waals surface area contributed by atoms with Crippen molar-refractivity contribution < 1.29 is 9.32 Å². The van der Waals surface area contributed by atoms with Crippen molar-refractivity contribution in [3.8, 4) is 0 Å². The molecule has 2 aromatic heterocycles. The Morgan fingerprint density at radius 3 is 2.74 bits per heavy atom. The number of aromatic nitrogens is 4. The summed E-state index contributed by atoms with van der Waals surface area (Å²) in [5.41, 5.74) is 0.465. The highest BCUT2D eigenvalue weighted by Crippen LogP contribution is 2.30. The molecule has 1 saturated heterocycles. The molecule has 3 heterocycles. The fourth-order valence-corrected chi connectivity index (χ4v) is 3.67. The van der Waals surface area contributed by atoms with Gasteiger partial charge in [0, 0.05) is 11.9 Å². The summed E-state index contributed by atoms with van der Waals surface area (Å²) in [5.74, 6) is 0.835. The van der Waals surface area contributed by atoms with Gasteiger partial charge in [0.05, 0.1) is 11.1 Å². The first-order valence-corrected chi connectivity index (χ1v) is 9.11. The van der Waals surface area contributed by atoms with Crippen molar-refractivity contribution in [3.05, 3.63) is 52.0 Å². The minimum absolute atomic E-state index is 0.103. The molecule has 0 aliphatic carbocycles. The van der Waals surface area contributed by atoms with Gasteiger partial charge in [0.1, 0.15) is 12.6 Å². The van der Waals surface area contributed by atoms with Crippen LogP contribution >= 0.6 is 0 Å². The molecule has 8 heteroatoms. The standard InChI is InChI=1S/C19H21N5O3/c1-12-14-7-3-4-8-15(14)19(26)24(21-12)11-17(25)23-10-6-5-9-16(23)18-20-13(2)22-27-18/h3-4,7-8,16H,5-6,9-11H2,1-2H3/t16-/m1/s1. The zero-order chi connectivity index (χ0) is 19.0. The van der Waals surface area contributed by atoms with E-state index in [1.807, 2.05) is 25.1 Å². The minimum atomic E-state index is -0.258. The second kappa shape index (κ2) is 6.94. The summed E-state index contributed by atoms with van der Waals surface area (Å²) in [7, 11) is 0. The second-order valence-corrected chi connectivity index (χ2v) is 6.87. The molecule has 1 aliphatic heterocycles. The van der Waals surface area contributed by atoms with E-state index in [0.717, 1.165) is 30.3 Å². The molecule has 1 fully saturated rings. The SMILES string of the molecule is Cc1noc([C@H]2CCCCN2C(=O)Cn2nc(C)c3ccccc3c2=O)n1. The number of nitrogens with zero attached hydrogens (tertiary/aromatic N) is 5. The van der Waals surface area contributed by atoms with Gasteiger partial charge in [-0.2, -0.15) is 10.1 Å². The van der Waals surface area contributed by atoms with E-state index in [2.05, 4.69) is 15.2 Å². The van der Waals surface area contributed by atoms with Crippen LogP contribution in [0.1, 0.15) is 42.7 Å². The highest BCUT2D eigenvalue weighted by Gasteiger charge is 2.32. The molecule has 27 heavy (non-hydrogen) atoms. The molecule has 0 spiro atoms. The van der Waals surface area contributed by atoms with Crippen LogP contribution in [0.3, 0.4) is 0 Å². The topological polar surface area (TPSA) is 94.1 Å². The van der Waals surface area contributed by atoms with Gasteiger partial charge in [-0.05, 0) is 39.2 Å². The van der Waals surface area contributed by atoms with E-state index in [4.69, 9.17) is 4.52 Å². The first-order chi connectivity index (χ1) is 13.0. The lowest BCUT2D eigenvalue weighted by molar-refractivity contribution is -0.136. The molecule has 1 aliphatic rings. The maximum absolute atomic E-state index is 13.0. The minimum Gasteiger partial charge on any atom is -0.337 e. The molecular weight excluding hydrogens is 346 g/mol. The smallest absolute Gasteiger partial charge is 0.275 e. The summed E-state index contributed by atoms with van der Waals surface area (Å²) in [6.45, 7) is 4.09. The van der Waals surface area contributed by atoms with E-state index in [1.54, 1.807) is 17.9 Å². The summed E-state index contributed by atoms with van der Waals surface area (Å²) in [4.78, 5) is 31.8. The van der Waals surface area contributed by atoms with Crippen molar-refractivity contribution in [1.29, 1.82) is 0 Å². The van der Waals surface area contributed by atoms with Crippen molar-refractivity contribution in [2.45, 2.75) is 45.7 Å². The Morgan fingerprint density at radius 2 is 2.00 bits per heavy atom. The van der Waals surface area contributed by atoms with Crippen LogP contribution in [0.25, 0.3) is 10.8 Å². The summed E-state index contributed by atoms with van der Waals surface area (Å²) in [5, 5.41) is 9.56. The van der Waals surface area contributed by atoms with Crippen molar-refractivity contribution in [2.24, 2.45) is 0 Å². The molecule has 1 aromatic carbocycles. The third-order valence-corrected chi connectivity index (χ3v) is 4.99. The number of carbonyl (C=O) groups excluding carboxylic acids is 1. The van der Waals surface area contributed by atoms with Crippen LogP contribution < -0.4 is 5.56 Å². The third-order valence-electron chi connectivity index (χ3n) is 4.99. The van der Waals surface area contributed by atoms with Gasteiger partial charge >= 0.3 is 0 Å². The van der Waals surface area contributed by atoms with Gasteiger partial charge in [-0.15, -0.1) is 0 Å². The van der Waals surface area contributed by atoms with Crippen LogP contribution in [0.2, 0.25) is 0 Å². The first kappa shape index (κ1) is 17.4. The Labute approximate surface area is 155 Å². The number of piperidine rings is 1. The molecule has 8 nitrogen and oxygen atoms in total. The van der Waals surface area contributed by atoms with E-state index < -0.39 is 0 Å². The number of fused-ring (bicyclic) bond motifs is 1. The van der Waals surface area contributed by atoms with Crippen LogP contribution in [0.15, 0.2) is 33.6 Å². The maximum atomic E-state index is 13.0. The zero-order valence-corrected chi connectivity index (χ0v) is 15.4. The molecule has 0 N–H and O–H groups in total. The summed E-state index contributed by atoms with van der Waals surface area (Å²) in [6.07, 6.45) is 2.67. The average molecular weight is 367 g/mol. The number of hydrogen-bond acceptors (Lipinski definition) is 6. The second-order valence-electron chi connectivity index (χ2n) is 6.87. The highest BCUT2D eigenvalue weighted by molar-refractivity contribution is 5.83. The molecule has 1 amide bonds. The van der Waals surface area contributed by atoms with Crippen molar-refractivity contribution in [1.82, 2.24) is 24.8 Å². The lowest BCUT2D eigenvalue weighted by Crippen LogP contribution is -2.42. The lowest BCUT2D eigenvalue weighted by atomic mass is 10.0. The number of likely N-dealkylation sites (tertiary alicyclic amines) is 1. The summed E-state index contributed by atoms with van der Waals surface area (Å²) < 4.78 is 6.55. The van der Waals surface area contributed by atoms with Gasteiger partial charge in [0.2, 0.25) is 11.8 Å². The van der Waals surface area contributed by atoms with Gasteiger partial charge in [0.25, 0.3) is 5.56 Å². The summed E-state index contributed by atoms with van der Waals surface area (Å²) >= 11 is 0. The highest BCUT2D eigenvalue weighted by atomic mass is 16.5. The molecule has 1 atom stereocenters. The Kier molecular flexibility index (Phi) is 4.47. The first-order valence-electron chi connectivity index (χ1n) is 9.11. The van der Waals surface area contributed by atoms with Gasteiger partial charge in [-0.25, -0.2) is 4.68 Å². The molecule has 3 aromatic rings. The number of aryl methyl sites for hydroxylation is 2. The van der Waals surface area contributed by atoms with E-state index in [1.165, 1.54) is 4.68 Å². The Morgan fingerprint density at radius 1 is 1.22 bits per heavy atom. The molecule has 0 unspecified atom stereocenters. The Hall–Kier alpha value is -3.03. The van der Waals surface area contributed by atoms with Crippen LogP contribution in [0.4, 0.5) is 0 Å². The number of amides is 1. The molecular formula is C19H21N5O3. The Balaban J connectivity index is 1.64. The van der Waals surface area contributed by atoms with Crippen LogP contribution in [0.5, 0.6) is 0 Å². The van der Waals surface area contributed by atoms with E-state index in [0.29, 0.717) is 23.6 Å². The van der Waals surface area contributed by atoms with Crippen LogP contribution in [0, 0.1) is 13.8 Å². The van der Waals surface area contributed by atoms with Gasteiger partial charge in [0.15, 0.2) is 5.82 Å². The monoisotopic (exact) mass is 367 g/mol. The number of carbonyl (C=O) groups is 1. The predicted octanol–water partition coefficient (Wildman–Crippen LogP) is 2.15. The maximum Gasteiger partial charge on any atom is 0.275 e. The summed E-state index contributed by atoms with van der Waals surface area (Å²) in [6, 6.07) is 7.07. The lowest BCUT2D eigenvalue weighted by Gasteiger charge is -2.33. The van der Waals surface area contributed by atoms with Crippen molar-refractivity contribution in [3.63, 3.8) is 0 Å². The largest absolute Gasteiger partial charge is 0.337 e. The average Bonchev–Trinajstić information content (AvgIpc) is 3.12. The van der Waals surface area contributed by atoms with Gasteiger partial charge in [-0.1, -0.05) is 23.4 Å². The van der Waals surface area contributed by atoms with E-state index >= 15 is 0 Å². The van der Waals surface area contributed by atoms with Crippen LogP contribution in [-0.2, 0) is 11.3 Å². The quantitative estimate of drug-likeness (QED) is 0.704. The predicted molar refractivity (Wildman–Crippen MR) is 98.1 cm³/mol. The van der Waals surface area contributed by atoms with Crippen molar-refractivity contribution in [2.75, 3.05) is 6.54 Å².